The second-order valence-electron chi connectivity index (χ2n) is 33.3. The van der Waals surface area contributed by atoms with Gasteiger partial charge in [-0.3, -0.25) is 37.3 Å². The van der Waals surface area contributed by atoms with E-state index >= 15 is 0 Å². The molecule has 0 saturated carbocycles. The molecule has 107 heavy (non-hydrogen) atoms. The standard InChI is InChI=1S/C88H172O17P2/c1-9-81(8)67-59-51-46-47-53-61-69-86(91)99-75-84(105-88(93)71-62-54-44-38-32-26-19-13-11-10-12-16-22-28-34-40-48-56-64-78(2)3)77-103-107(96,97)101-73-82(89)72-100-106(94,95)102-76-83(104-87(92)70-63-55-45-39-33-27-21-20-24-30-36-42-50-58-66-80(6)7)74-98-85(90)68-60-52-43-37-31-25-18-15-14-17-23-29-35-41-49-57-65-79(4)5/h78-84,89H,9-77H2,1-8H3,(H,94,95)(H,96,97)/t81?,82-,83-,84-/m1/s1. The van der Waals surface area contributed by atoms with Gasteiger partial charge in [0.05, 0.1) is 26.4 Å². The number of aliphatic hydroxyl groups excluding tert-OH is 1. The van der Waals surface area contributed by atoms with Crippen LogP contribution >= 0.6 is 15.6 Å². The molecule has 0 saturated heterocycles. The first-order valence-corrected chi connectivity index (χ1v) is 48.2. The Hall–Kier alpha value is -1.94. The fourth-order valence-corrected chi connectivity index (χ4v) is 15.2. The Bertz CT molecular complexity index is 2080. The number of hydrogen-bond acceptors (Lipinski definition) is 15. The zero-order valence-electron chi connectivity index (χ0n) is 70.8. The Morgan fingerprint density at radius 3 is 0.664 bits per heavy atom. The second kappa shape index (κ2) is 76.7. The maximum Gasteiger partial charge on any atom is 0.472 e. The van der Waals surface area contributed by atoms with Crippen LogP contribution in [0.25, 0.3) is 0 Å². The molecule has 0 heterocycles. The van der Waals surface area contributed by atoms with Gasteiger partial charge in [0.1, 0.15) is 19.3 Å². The van der Waals surface area contributed by atoms with Crippen molar-refractivity contribution < 1.29 is 80.2 Å². The fraction of sp³-hybridized carbons (Fsp3) is 0.955. The average molecular weight is 1560 g/mol. The first-order valence-electron chi connectivity index (χ1n) is 45.2. The van der Waals surface area contributed by atoms with E-state index in [0.717, 1.165) is 120 Å². The molecule has 0 fully saturated rings. The van der Waals surface area contributed by atoms with Gasteiger partial charge in [0.25, 0.3) is 0 Å². The zero-order chi connectivity index (χ0) is 78.8. The highest BCUT2D eigenvalue weighted by molar-refractivity contribution is 7.47. The number of rotatable bonds is 85. The number of carbonyl (C=O) groups excluding carboxylic acids is 4. The highest BCUT2D eigenvalue weighted by atomic mass is 31.2. The van der Waals surface area contributed by atoms with Crippen LogP contribution < -0.4 is 0 Å². The van der Waals surface area contributed by atoms with Crippen molar-refractivity contribution >= 4 is 39.5 Å². The number of ether oxygens (including phenoxy) is 4. The number of esters is 4. The summed E-state index contributed by atoms with van der Waals surface area (Å²) in [6, 6.07) is 0. The van der Waals surface area contributed by atoms with E-state index in [4.69, 9.17) is 37.0 Å². The lowest BCUT2D eigenvalue weighted by Crippen LogP contribution is -2.30. The summed E-state index contributed by atoms with van der Waals surface area (Å²) in [5.74, 6) is 1.05. The molecule has 0 aromatic rings. The zero-order valence-corrected chi connectivity index (χ0v) is 72.6. The molecule has 0 aliphatic rings. The lowest BCUT2D eigenvalue weighted by Gasteiger charge is -2.21. The van der Waals surface area contributed by atoms with Crippen LogP contribution in [0.4, 0.5) is 0 Å². The van der Waals surface area contributed by atoms with Gasteiger partial charge in [0.2, 0.25) is 0 Å². The van der Waals surface area contributed by atoms with Gasteiger partial charge >= 0.3 is 39.5 Å². The Labute approximate surface area is 658 Å². The maximum atomic E-state index is 13.2. The molecule has 0 rings (SSSR count). The first kappa shape index (κ1) is 105. The van der Waals surface area contributed by atoms with Crippen molar-refractivity contribution in [1.82, 2.24) is 0 Å². The Kier molecular flexibility index (Phi) is 75.3. The van der Waals surface area contributed by atoms with Crippen molar-refractivity contribution in [2.45, 2.75) is 478 Å². The molecule has 0 spiro atoms. The smallest absolute Gasteiger partial charge is 0.462 e. The second-order valence-corrected chi connectivity index (χ2v) is 36.2. The van der Waals surface area contributed by atoms with Crippen LogP contribution in [0.2, 0.25) is 0 Å². The summed E-state index contributed by atoms with van der Waals surface area (Å²) in [6.07, 6.45) is 66.7. The van der Waals surface area contributed by atoms with E-state index in [1.165, 1.54) is 257 Å². The average Bonchev–Trinajstić information content (AvgIpc) is 0.901. The first-order chi connectivity index (χ1) is 51.6. The molecule has 636 valence electrons. The molecule has 0 aliphatic heterocycles. The number of carbonyl (C=O) groups is 4. The third-order valence-corrected chi connectivity index (χ3v) is 22.8. The van der Waals surface area contributed by atoms with Crippen LogP contribution in [0.5, 0.6) is 0 Å². The van der Waals surface area contributed by atoms with Crippen LogP contribution in [-0.4, -0.2) is 96.7 Å². The largest absolute Gasteiger partial charge is 0.472 e. The Balaban J connectivity index is 5.21. The van der Waals surface area contributed by atoms with E-state index in [2.05, 4.69) is 55.4 Å². The summed E-state index contributed by atoms with van der Waals surface area (Å²) < 4.78 is 68.9. The monoisotopic (exact) mass is 1560 g/mol. The molecule has 19 heteroatoms. The molecule has 0 aromatic carbocycles. The normalized spacial score (nSPS) is 14.1. The number of phosphoric acid groups is 2. The van der Waals surface area contributed by atoms with Crippen molar-refractivity contribution in [2.24, 2.45) is 23.7 Å². The highest BCUT2D eigenvalue weighted by Crippen LogP contribution is 2.45. The highest BCUT2D eigenvalue weighted by Gasteiger charge is 2.31. The van der Waals surface area contributed by atoms with Crippen molar-refractivity contribution in [3.63, 3.8) is 0 Å². The van der Waals surface area contributed by atoms with Crippen molar-refractivity contribution in [3.8, 4) is 0 Å². The van der Waals surface area contributed by atoms with Crippen LogP contribution in [-0.2, 0) is 65.4 Å². The molecular weight excluding hydrogens is 1390 g/mol. The number of hydrogen-bond donors (Lipinski definition) is 3. The van der Waals surface area contributed by atoms with Gasteiger partial charge in [-0.1, -0.05) is 409 Å². The SMILES string of the molecule is CCC(C)CCCCCCCCC(=O)OC[C@H](COP(=O)(O)OC[C@H](O)COP(=O)(O)OC[C@@H](COC(=O)CCCCCCCCCCCCCCCCCCC(C)C)OC(=O)CCCCCCCCCCCCCCCCC(C)C)OC(=O)CCCCCCCCCCCCCCCCCCCCC(C)C. The number of aliphatic hydroxyl groups is 1. The third-order valence-electron chi connectivity index (χ3n) is 20.9. The van der Waals surface area contributed by atoms with E-state index in [1.54, 1.807) is 0 Å². The molecule has 0 amide bonds. The van der Waals surface area contributed by atoms with Crippen molar-refractivity contribution in [1.29, 1.82) is 0 Å². The summed E-state index contributed by atoms with van der Waals surface area (Å²) in [5, 5.41) is 10.7. The molecule has 17 nitrogen and oxygen atoms in total. The van der Waals surface area contributed by atoms with E-state index in [0.29, 0.717) is 25.7 Å². The minimum absolute atomic E-state index is 0.107. The predicted molar refractivity (Wildman–Crippen MR) is 441 cm³/mol. The molecule has 0 aliphatic carbocycles. The van der Waals surface area contributed by atoms with Crippen molar-refractivity contribution in [3.05, 3.63) is 0 Å². The minimum atomic E-state index is -4.97. The molecule has 0 bridgehead atoms. The summed E-state index contributed by atoms with van der Waals surface area (Å²) in [5.41, 5.74) is 0. The van der Waals surface area contributed by atoms with E-state index < -0.39 is 97.5 Å². The predicted octanol–water partition coefficient (Wildman–Crippen LogP) is 26.7. The van der Waals surface area contributed by atoms with Gasteiger partial charge in [-0.15, -0.1) is 0 Å². The molecular formula is C88H172O17P2. The van der Waals surface area contributed by atoms with Gasteiger partial charge in [-0.25, -0.2) is 9.13 Å². The van der Waals surface area contributed by atoms with Crippen LogP contribution in [0, 0.1) is 23.7 Å². The van der Waals surface area contributed by atoms with E-state index in [-0.39, 0.29) is 25.7 Å². The number of unbranched alkanes of at least 4 members (excludes halogenated alkanes) is 50. The Morgan fingerprint density at radius 1 is 0.262 bits per heavy atom. The van der Waals surface area contributed by atoms with Gasteiger partial charge in [-0.2, -0.15) is 0 Å². The fourth-order valence-electron chi connectivity index (χ4n) is 13.6. The summed E-state index contributed by atoms with van der Waals surface area (Å²) in [7, 11) is -9.93. The van der Waals surface area contributed by atoms with E-state index in [9.17, 15) is 43.2 Å². The van der Waals surface area contributed by atoms with Crippen LogP contribution in [0.15, 0.2) is 0 Å². The quantitative estimate of drug-likeness (QED) is 0.0222. The van der Waals surface area contributed by atoms with Gasteiger partial charge in [-0.05, 0) is 49.4 Å². The van der Waals surface area contributed by atoms with Gasteiger partial charge < -0.3 is 33.8 Å². The van der Waals surface area contributed by atoms with Gasteiger partial charge in [0, 0.05) is 25.7 Å². The summed E-state index contributed by atoms with van der Waals surface area (Å²) >= 11 is 0. The molecule has 0 aromatic heterocycles. The lowest BCUT2D eigenvalue weighted by atomic mass is 10.00. The van der Waals surface area contributed by atoms with Gasteiger partial charge in [0.15, 0.2) is 12.2 Å². The minimum Gasteiger partial charge on any atom is -0.462 e. The van der Waals surface area contributed by atoms with Crippen LogP contribution in [0.1, 0.15) is 460 Å². The van der Waals surface area contributed by atoms with Crippen LogP contribution in [0.3, 0.4) is 0 Å². The van der Waals surface area contributed by atoms with E-state index in [1.807, 2.05) is 0 Å². The molecule has 0 radical (unpaired) electrons. The maximum absolute atomic E-state index is 13.2. The topological polar surface area (TPSA) is 237 Å². The summed E-state index contributed by atoms with van der Waals surface area (Å²) in [4.78, 5) is 73.3. The third kappa shape index (κ3) is 80.5. The Morgan fingerprint density at radius 2 is 0.449 bits per heavy atom. The summed E-state index contributed by atoms with van der Waals surface area (Å²) in [6.45, 7) is 14.3. The number of phosphoric ester groups is 2. The lowest BCUT2D eigenvalue weighted by molar-refractivity contribution is -0.161. The molecule has 3 unspecified atom stereocenters. The molecule has 6 atom stereocenters. The molecule has 3 N–H and O–H groups in total. The van der Waals surface area contributed by atoms with Crippen molar-refractivity contribution in [2.75, 3.05) is 39.6 Å².